The molecule has 98 valence electrons. The van der Waals surface area contributed by atoms with Crippen LogP contribution in [0.5, 0.6) is 0 Å². The summed E-state index contributed by atoms with van der Waals surface area (Å²) in [5, 5.41) is 2.83. The van der Waals surface area contributed by atoms with E-state index in [0.717, 1.165) is 25.7 Å². The monoisotopic (exact) mass is 240 g/mol. The Kier molecular flexibility index (Phi) is 5.45. The second-order valence-corrected chi connectivity index (χ2v) is 4.66. The van der Waals surface area contributed by atoms with Gasteiger partial charge in [-0.1, -0.05) is 27.2 Å². The topological polar surface area (TPSA) is 49.4 Å². The van der Waals surface area contributed by atoms with Gasteiger partial charge in [-0.3, -0.25) is 9.59 Å². The summed E-state index contributed by atoms with van der Waals surface area (Å²) in [4.78, 5) is 25.8. The molecule has 1 rings (SSSR count). The number of hydrogen-bond donors (Lipinski definition) is 1. The van der Waals surface area contributed by atoms with Crippen molar-refractivity contribution in [3.8, 4) is 0 Å². The first-order valence-corrected chi connectivity index (χ1v) is 6.73. The quantitative estimate of drug-likeness (QED) is 0.795. The van der Waals surface area contributed by atoms with Crippen molar-refractivity contribution >= 4 is 11.8 Å². The van der Waals surface area contributed by atoms with Crippen LogP contribution in [-0.2, 0) is 9.59 Å². The fraction of sp³-hybridized carbons (Fsp3) is 0.846. The van der Waals surface area contributed by atoms with Gasteiger partial charge >= 0.3 is 0 Å². The highest BCUT2D eigenvalue weighted by Crippen LogP contribution is 2.15. The molecular formula is C13H24N2O2. The van der Waals surface area contributed by atoms with Gasteiger partial charge in [-0.15, -0.1) is 0 Å². The third-order valence-electron chi connectivity index (χ3n) is 3.46. The Morgan fingerprint density at radius 2 is 1.94 bits per heavy atom. The zero-order valence-electron chi connectivity index (χ0n) is 11.2. The Morgan fingerprint density at radius 3 is 2.47 bits per heavy atom. The molecule has 4 nitrogen and oxygen atoms in total. The number of nitrogens with one attached hydrogen (secondary N) is 1. The summed E-state index contributed by atoms with van der Waals surface area (Å²) in [6.45, 7) is 6.79. The van der Waals surface area contributed by atoms with Crippen LogP contribution in [0.25, 0.3) is 0 Å². The van der Waals surface area contributed by atoms with E-state index in [1.165, 1.54) is 0 Å². The highest BCUT2D eigenvalue weighted by Gasteiger charge is 2.31. The van der Waals surface area contributed by atoms with Crippen molar-refractivity contribution in [3.05, 3.63) is 0 Å². The highest BCUT2D eigenvalue weighted by molar-refractivity contribution is 5.90. The van der Waals surface area contributed by atoms with E-state index in [2.05, 4.69) is 19.2 Å². The van der Waals surface area contributed by atoms with Crippen LogP contribution in [-0.4, -0.2) is 35.3 Å². The molecule has 1 fully saturated rings. The molecule has 4 heteroatoms. The molecule has 1 heterocycles. The fourth-order valence-corrected chi connectivity index (χ4v) is 2.44. The predicted octanol–water partition coefficient (Wildman–Crippen LogP) is 1.69. The average Bonchev–Trinajstić information content (AvgIpc) is 2.44. The fourth-order valence-electron chi connectivity index (χ4n) is 2.44. The molecule has 0 spiro atoms. The molecule has 0 aliphatic carbocycles. The molecule has 0 aromatic rings. The average molecular weight is 240 g/mol. The molecule has 1 aliphatic rings. The van der Waals surface area contributed by atoms with Gasteiger partial charge in [-0.05, 0) is 19.3 Å². The predicted molar refractivity (Wildman–Crippen MR) is 67.5 cm³/mol. The normalized spacial score (nSPS) is 21.6. The maximum absolute atomic E-state index is 12.4. The van der Waals surface area contributed by atoms with Crippen LogP contribution >= 0.6 is 0 Å². The number of carbonyl (C=O) groups excluding carboxylic acids is 2. The smallest absolute Gasteiger partial charge is 0.245 e. The first kappa shape index (κ1) is 14.0. The molecule has 1 saturated heterocycles. The molecule has 0 aromatic heterocycles. The molecule has 1 aliphatic heterocycles. The largest absolute Gasteiger partial charge is 0.344 e. The third kappa shape index (κ3) is 3.45. The van der Waals surface area contributed by atoms with Crippen molar-refractivity contribution in [1.29, 1.82) is 0 Å². The maximum Gasteiger partial charge on any atom is 0.245 e. The SMILES string of the molecule is CCCC1NC(=O)CCN(C(CC)CC)C1=O. The van der Waals surface area contributed by atoms with Crippen LogP contribution < -0.4 is 5.32 Å². The van der Waals surface area contributed by atoms with Crippen LogP contribution in [0.1, 0.15) is 52.9 Å². The zero-order valence-corrected chi connectivity index (χ0v) is 11.2. The van der Waals surface area contributed by atoms with Crippen molar-refractivity contribution < 1.29 is 9.59 Å². The second-order valence-electron chi connectivity index (χ2n) is 4.66. The summed E-state index contributed by atoms with van der Waals surface area (Å²) in [7, 11) is 0. The molecule has 0 saturated carbocycles. The molecular weight excluding hydrogens is 216 g/mol. The number of hydrogen-bond acceptors (Lipinski definition) is 2. The molecule has 1 unspecified atom stereocenters. The molecule has 1 N–H and O–H groups in total. The lowest BCUT2D eigenvalue weighted by Gasteiger charge is -2.31. The van der Waals surface area contributed by atoms with Crippen molar-refractivity contribution in [2.24, 2.45) is 0 Å². The van der Waals surface area contributed by atoms with E-state index in [1.807, 2.05) is 11.8 Å². The van der Waals surface area contributed by atoms with Crippen molar-refractivity contribution in [1.82, 2.24) is 10.2 Å². The number of carbonyl (C=O) groups is 2. The lowest BCUT2D eigenvalue weighted by atomic mass is 10.1. The van der Waals surface area contributed by atoms with Gasteiger partial charge in [0, 0.05) is 19.0 Å². The van der Waals surface area contributed by atoms with Gasteiger partial charge in [0.1, 0.15) is 6.04 Å². The minimum absolute atomic E-state index is 0.00487. The minimum Gasteiger partial charge on any atom is -0.344 e. The summed E-state index contributed by atoms with van der Waals surface area (Å²) in [5.41, 5.74) is 0. The number of nitrogens with zero attached hydrogens (tertiary/aromatic N) is 1. The van der Waals surface area contributed by atoms with Gasteiger partial charge in [0.2, 0.25) is 11.8 Å². The third-order valence-corrected chi connectivity index (χ3v) is 3.46. The van der Waals surface area contributed by atoms with E-state index in [1.54, 1.807) is 0 Å². The molecule has 0 aromatic carbocycles. The molecule has 0 bridgehead atoms. The Hall–Kier alpha value is -1.06. The van der Waals surface area contributed by atoms with Gasteiger partial charge in [0.05, 0.1) is 0 Å². The van der Waals surface area contributed by atoms with E-state index >= 15 is 0 Å². The van der Waals surface area contributed by atoms with Crippen LogP contribution in [0, 0.1) is 0 Å². The van der Waals surface area contributed by atoms with Gasteiger partial charge < -0.3 is 10.2 Å². The summed E-state index contributed by atoms with van der Waals surface area (Å²) in [5.74, 6) is 0.108. The van der Waals surface area contributed by atoms with Gasteiger partial charge in [0.15, 0.2) is 0 Å². The first-order valence-electron chi connectivity index (χ1n) is 6.73. The van der Waals surface area contributed by atoms with E-state index in [4.69, 9.17) is 0 Å². The Bertz CT molecular complexity index is 275. The lowest BCUT2D eigenvalue weighted by Crippen LogP contribution is -2.48. The standard InChI is InChI=1S/C13H24N2O2/c1-4-7-11-13(17)15(10(5-2)6-3)9-8-12(16)14-11/h10-11H,4-9H2,1-3H3,(H,14,16). The molecule has 1 atom stereocenters. The Labute approximate surface area is 104 Å². The van der Waals surface area contributed by atoms with Gasteiger partial charge in [-0.25, -0.2) is 0 Å². The van der Waals surface area contributed by atoms with Gasteiger partial charge in [-0.2, -0.15) is 0 Å². The lowest BCUT2D eigenvalue weighted by molar-refractivity contribution is -0.135. The summed E-state index contributed by atoms with van der Waals surface area (Å²) < 4.78 is 0. The van der Waals surface area contributed by atoms with E-state index in [0.29, 0.717) is 13.0 Å². The van der Waals surface area contributed by atoms with Crippen LogP contribution in [0.2, 0.25) is 0 Å². The Balaban J connectivity index is 2.82. The molecule has 2 amide bonds. The number of amides is 2. The van der Waals surface area contributed by atoms with E-state index in [9.17, 15) is 9.59 Å². The van der Waals surface area contributed by atoms with Crippen LogP contribution in [0.15, 0.2) is 0 Å². The molecule has 17 heavy (non-hydrogen) atoms. The van der Waals surface area contributed by atoms with Crippen molar-refractivity contribution in [2.45, 2.75) is 65.0 Å². The highest BCUT2D eigenvalue weighted by atomic mass is 16.2. The van der Waals surface area contributed by atoms with E-state index in [-0.39, 0.29) is 23.9 Å². The second kappa shape index (κ2) is 6.62. The zero-order chi connectivity index (χ0) is 12.8. The molecule has 0 radical (unpaired) electrons. The summed E-state index contributed by atoms with van der Waals surface area (Å²) in [6, 6.07) is -0.0369. The van der Waals surface area contributed by atoms with Crippen molar-refractivity contribution in [2.75, 3.05) is 6.54 Å². The number of rotatable bonds is 5. The van der Waals surface area contributed by atoms with Crippen molar-refractivity contribution in [3.63, 3.8) is 0 Å². The van der Waals surface area contributed by atoms with Gasteiger partial charge in [0.25, 0.3) is 0 Å². The first-order chi connectivity index (χ1) is 8.13. The van der Waals surface area contributed by atoms with E-state index < -0.39 is 0 Å². The summed E-state index contributed by atoms with van der Waals surface area (Å²) in [6.07, 6.45) is 3.99. The van der Waals surface area contributed by atoms with Crippen LogP contribution in [0.3, 0.4) is 0 Å². The Morgan fingerprint density at radius 1 is 1.29 bits per heavy atom. The van der Waals surface area contributed by atoms with Crippen LogP contribution in [0.4, 0.5) is 0 Å². The summed E-state index contributed by atoms with van der Waals surface area (Å²) >= 11 is 0. The minimum atomic E-state index is -0.310. The maximum atomic E-state index is 12.4.